The summed E-state index contributed by atoms with van der Waals surface area (Å²) in [5.74, 6) is 0.490. The molecule has 6 heteroatoms. The second-order valence-electron chi connectivity index (χ2n) is 3.98. The van der Waals surface area contributed by atoms with Crippen molar-refractivity contribution < 1.29 is 9.53 Å². The quantitative estimate of drug-likeness (QED) is 0.814. The third-order valence-electron chi connectivity index (χ3n) is 2.48. The van der Waals surface area contributed by atoms with E-state index in [1.165, 1.54) is 13.1 Å². The van der Waals surface area contributed by atoms with Gasteiger partial charge in [-0.1, -0.05) is 6.07 Å². The van der Waals surface area contributed by atoms with Crippen LogP contribution in [0.1, 0.15) is 16.1 Å². The Morgan fingerprint density at radius 2 is 2.05 bits per heavy atom. The first-order valence-electron chi connectivity index (χ1n) is 5.70. The van der Waals surface area contributed by atoms with E-state index in [1.54, 1.807) is 12.1 Å². The highest BCUT2D eigenvalue weighted by Crippen LogP contribution is 2.26. The minimum atomic E-state index is -0.297. The maximum atomic E-state index is 11.3. The number of anilines is 1. The summed E-state index contributed by atoms with van der Waals surface area (Å²) in [4.78, 5) is 11.3. The lowest BCUT2D eigenvalue weighted by atomic mass is 10.2. The first-order chi connectivity index (χ1) is 9.10. The molecular weight excluding hydrogens is 244 g/mol. The van der Waals surface area contributed by atoms with Crippen molar-refractivity contribution in [2.75, 3.05) is 12.8 Å². The van der Waals surface area contributed by atoms with Crippen LogP contribution in [-0.2, 0) is 0 Å². The number of hydrogen-bond donors (Lipinski definition) is 2. The van der Waals surface area contributed by atoms with E-state index in [-0.39, 0.29) is 17.5 Å². The van der Waals surface area contributed by atoms with E-state index in [1.807, 2.05) is 19.1 Å². The van der Waals surface area contributed by atoms with Gasteiger partial charge in [-0.05, 0) is 30.7 Å². The molecule has 0 bridgehead atoms. The number of aryl methyl sites for hydroxylation is 1. The molecule has 2 rings (SSSR count). The lowest BCUT2D eigenvalue weighted by Crippen LogP contribution is -2.19. The average molecular weight is 258 g/mol. The maximum Gasteiger partial charge on any atom is 0.271 e. The van der Waals surface area contributed by atoms with Crippen molar-refractivity contribution >= 4 is 11.6 Å². The smallest absolute Gasteiger partial charge is 0.271 e. The van der Waals surface area contributed by atoms with E-state index in [2.05, 4.69) is 15.5 Å². The second-order valence-corrected chi connectivity index (χ2v) is 3.98. The number of aromatic nitrogens is 2. The molecule has 0 saturated heterocycles. The van der Waals surface area contributed by atoms with Crippen LogP contribution in [0.2, 0.25) is 0 Å². The molecule has 0 saturated carbocycles. The molecule has 0 radical (unpaired) electrons. The number of hydrogen-bond acceptors (Lipinski definition) is 5. The van der Waals surface area contributed by atoms with Gasteiger partial charge < -0.3 is 15.8 Å². The van der Waals surface area contributed by atoms with Crippen molar-refractivity contribution in [3.63, 3.8) is 0 Å². The maximum absolute atomic E-state index is 11.3. The van der Waals surface area contributed by atoms with Crippen molar-refractivity contribution in [1.82, 2.24) is 15.5 Å². The van der Waals surface area contributed by atoms with Crippen molar-refractivity contribution in [3.8, 4) is 11.6 Å². The van der Waals surface area contributed by atoms with Gasteiger partial charge in [-0.15, -0.1) is 10.2 Å². The van der Waals surface area contributed by atoms with E-state index in [0.717, 1.165) is 5.56 Å². The Morgan fingerprint density at radius 1 is 1.26 bits per heavy atom. The van der Waals surface area contributed by atoms with E-state index < -0.39 is 0 Å². The number of nitrogens with two attached hydrogens (primary N) is 1. The Labute approximate surface area is 110 Å². The van der Waals surface area contributed by atoms with E-state index in [9.17, 15) is 4.79 Å². The fourth-order valence-electron chi connectivity index (χ4n) is 1.50. The van der Waals surface area contributed by atoms with Gasteiger partial charge in [0, 0.05) is 13.1 Å². The van der Waals surface area contributed by atoms with Gasteiger partial charge in [-0.25, -0.2) is 0 Å². The van der Waals surface area contributed by atoms with Crippen molar-refractivity contribution in [1.29, 1.82) is 0 Å². The zero-order chi connectivity index (χ0) is 13.8. The first-order valence-corrected chi connectivity index (χ1v) is 5.70. The fraction of sp³-hybridized carbons (Fsp3) is 0.154. The highest BCUT2D eigenvalue weighted by Gasteiger charge is 2.07. The Hall–Kier alpha value is -2.63. The summed E-state index contributed by atoms with van der Waals surface area (Å²) in [6.07, 6.45) is 0. The predicted molar refractivity (Wildman–Crippen MR) is 71.1 cm³/mol. The summed E-state index contributed by atoms with van der Waals surface area (Å²) in [5, 5.41) is 10.0. The number of carbonyl (C=O) groups is 1. The van der Waals surface area contributed by atoms with E-state index >= 15 is 0 Å². The average Bonchev–Trinajstić information content (AvgIpc) is 2.42. The van der Waals surface area contributed by atoms with Crippen molar-refractivity contribution in [2.24, 2.45) is 0 Å². The molecule has 1 amide bonds. The molecule has 1 heterocycles. The van der Waals surface area contributed by atoms with Crippen molar-refractivity contribution in [3.05, 3.63) is 41.6 Å². The molecule has 0 aliphatic carbocycles. The lowest BCUT2D eigenvalue weighted by molar-refractivity contribution is 0.0957. The molecule has 2 aromatic rings. The molecule has 0 unspecified atom stereocenters. The molecule has 1 aromatic carbocycles. The topological polar surface area (TPSA) is 90.1 Å². The Balaban J connectivity index is 2.17. The molecule has 98 valence electrons. The van der Waals surface area contributed by atoms with Crippen LogP contribution in [0.4, 0.5) is 5.69 Å². The highest BCUT2D eigenvalue weighted by molar-refractivity contribution is 5.91. The van der Waals surface area contributed by atoms with Gasteiger partial charge in [0.05, 0.1) is 5.69 Å². The van der Waals surface area contributed by atoms with Crippen LogP contribution in [-0.4, -0.2) is 23.2 Å². The van der Waals surface area contributed by atoms with Crippen LogP contribution >= 0.6 is 0 Å². The Bertz CT molecular complexity index is 596. The molecule has 19 heavy (non-hydrogen) atoms. The Kier molecular flexibility index (Phi) is 3.61. The molecule has 1 aromatic heterocycles. The summed E-state index contributed by atoms with van der Waals surface area (Å²) < 4.78 is 5.50. The van der Waals surface area contributed by atoms with Crippen molar-refractivity contribution in [2.45, 2.75) is 6.92 Å². The molecule has 0 fully saturated rings. The van der Waals surface area contributed by atoms with Crippen LogP contribution < -0.4 is 15.8 Å². The summed E-state index contributed by atoms with van der Waals surface area (Å²) in [6.45, 7) is 1.94. The SMILES string of the molecule is CNC(=O)c1ccc(Oc2ccc(C)cc2N)nn1. The number of benzene rings is 1. The third kappa shape index (κ3) is 2.98. The summed E-state index contributed by atoms with van der Waals surface area (Å²) in [6, 6.07) is 8.56. The summed E-state index contributed by atoms with van der Waals surface area (Å²) in [5.41, 5.74) is 7.63. The number of amides is 1. The molecule has 0 spiro atoms. The molecule has 3 N–H and O–H groups in total. The molecule has 0 aliphatic heterocycles. The van der Waals surface area contributed by atoms with Gasteiger partial charge in [-0.2, -0.15) is 0 Å². The number of nitrogen functional groups attached to an aromatic ring is 1. The lowest BCUT2D eigenvalue weighted by Gasteiger charge is -2.07. The zero-order valence-electron chi connectivity index (χ0n) is 10.7. The van der Waals surface area contributed by atoms with Crippen LogP contribution in [0.15, 0.2) is 30.3 Å². The van der Waals surface area contributed by atoms with Crippen LogP contribution in [0.5, 0.6) is 11.6 Å². The van der Waals surface area contributed by atoms with Crippen LogP contribution in [0.3, 0.4) is 0 Å². The monoisotopic (exact) mass is 258 g/mol. The normalized spacial score (nSPS) is 10.0. The molecule has 0 aliphatic rings. The number of carbonyl (C=O) groups excluding carboxylic acids is 1. The first kappa shape index (κ1) is 12.8. The van der Waals surface area contributed by atoms with Gasteiger partial charge in [0.25, 0.3) is 5.91 Å². The molecular formula is C13H14N4O2. The Morgan fingerprint density at radius 3 is 2.63 bits per heavy atom. The minimum Gasteiger partial charge on any atom is -0.435 e. The van der Waals surface area contributed by atoms with E-state index in [0.29, 0.717) is 11.4 Å². The predicted octanol–water partition coefficient (Wildman–Crippen LogP) is 1.52. The number of ether oxygens (including phenoxy) is 1. The number of rotatable bonds is 3. The van der Waals surface area contributed by atoms with E-state index in [4.69, 9.17) is 10.5 Å². The number of nitrogens with zero attached hydrogens (tertiary/aromatic N) is 2. The van der Waals surface area contributed by atoms with Gasteiger partial charge in [0.1, 0.15) is 0 Å². The standard InChI is InChI=1S/C13H14N4O2/c1-8-3-5-11(9(14)7-8)19-12-6-4-10(16-17-12)13(18)15-2/h3-7H,14H2,1-2H3,(H,15,18). The highest BCUT2D eigenvalue weighted by atomic mass is 16.5. The van der Waals surface area contributed by atoms with Gasteiger partial charge >= 0.3 is 0 Å². The summed E-state index contributed by atoms with van der Waals surface area (Å²) >= 11 is 0. The minimum absolute atomic E-state index is 0.228. The third-order valence-corrected chi connectivity index (χ3v) is 2.48. The molecule has 0 atom stereocenters. The molecule has 6 nitrogen and oxygen atoms in total. The van der Waals surface area contributed by atoms with Gasteiger partial charge in [0.15, 0.2) is 11.4 Å². The van der Waals surface area contributed by atoms with Crippen LogP contribution in [0, 0.1) is 6.92 Å². The number of nitrogens with one attached hydrogen (secondary N) is 1. The fourth-order valence-corrected chi connectivity index (χ4v) is 1.50. The van der Waals surface area contributed by atoms with Crippen LogP contribution in [0.25, 0.3) is 0 Å². The second kappa shape index (κ2) is 5.34. The van der Waals surface area contributed by atoms with Gasteiger partial charge in [0.2, 0.25) is 5.88 Å². The zero-order valence-corrected chi connectivity index (χ0v) is 10.7. The summed E-state index contributed by atoms with van der Waals surface area (Å²) in [7, 11) is 1.53. The van der Waals surface area contributed by atoms with Gasteiger partial charge in [-0.3, -0.25) is 4.79 Å². The largest absolute Gasteiger partial charge is 0.435 e.